The van der Waals surface area contributed by atoms with Gasteiger partial charge >= 0.3 is 0 Å². The van der Waals surface area contributed by atoms with E-state index in [0.717, 1.165) is 19.3 Å². The second kappa shape index (κ2) is 9.46. The molecule has 0 amide bonds. The molecule has 0 spiro atoms. The van der Waals surface area contributed by atoms with E-state index in [4.69, 9.17) is 14.0 Å². The molecule has 16 heavy (non-hydrogen) atoms. The smallest absolute Gasteiger partial charge is 0.267 e. The van der Waals surface area contributed by atoms with Gasteiger partial charge in [-0.05, 0) is 6.42 Å². The van der Waals surface area contributed by atoms with Crippen molar-refractivity contribution in [1.29, 1.82) is 0 Å². The van der Waals surface area contributed by atoms with Crippen LogP contribution in [-0.4, -0.2) is 38.5 Å². The SMILES string of the molecule is CCCCC#COCCOCCS(=O)(=O)O. The summed E-state index contributed by atoms with van der Waals surface area (Å²) in [5.41, 5.74) is 0. The molecule has 0 aliphatic rings. The van der Waals surface area contributed by atoms with Crippen molar-refractivity contribution in [3.05, 3.63) is 0 Å². The Hall–Kier alpha value is -0.770. The van der Waals surface area contributed by atoms with Crippen molar-refractivity contribution < 1.29 is 22.4 Å². The fourth-order valence-corrected chi connectivity index (χ4v) is 1.11. The first-order valence-electron chi connectivity index (χ1n) is 5.19. The van der Waals surface area contributed by atoms with E-state index in [-0.39, 0.29) is 13.2 Å². The molecule has 0 aliphatic heterocycles. The maximum atomic E-state index is 10.3. The summed E-state index contributed by atoms with van der Waals surface area (Å²) >= 11 is 0. The van der Waals surface area contributed by atoms with Gasteiger partial charge in [-0.15, -0.1) is 0 Å². The Morgan fingerprint density at radius 1 is 1.25 bits per heavy atom. The third kappa shape index (κ3) is 13.2. The number of ether oxygens (including phenoxy) is 2. The van der Waals surface area contributed by atoms with Crippen molar-refractivity contribution in [2.45, 2.75) is 26.2 Å². The topological polar surface area (TPSA) is 72.8 Å². The molecule has 0 atom stereocenters. The van der Waals surface area contributed by atoms with Crippen molar-refractivity contribution in [3.63, 3.8) is 0 Å². The van der Waals surface area contributed by atoms with Crippen molar-refractivity contribution >= 4 is 10.1 Å². The largest absolute Gasteiger partial charge is 0.444 e. The van der Waals surface area contributed by atoms with Crippen LogP contribution in [0.5, 0.6) is 0 Å². The molecule has 0 fully saturated rings. The van der Waals surface area contributed by atoms with Crippen LogP contribution in [0.1, 0.15) is 26.2 Å². The van der Waals surface area contributed by atoms with Gasteiger partial charge in [0.15, 0.2) is 0 Å². The lowest BCUT2D eigenvalue weighted by Crippen LogP contribution is -2.12. The highest BCUT2D eigenvalue weighted by molar-refractivity contribution is 7.85. The Bertz CT molecular complexity index is 312. The van der Waals surface area contributed by atoms with Gasteiger partial charge in [-0.3, -0.25) is 4.55 Å². The summed E-state index contributed by atoms with van der Waals surface area (Å²) in [6.07, 6.45) is 5.51. The van der Waals surface area contributed by atoms with Gasteiger partial charge in [-0.25, -0.2) is 0 Å². The molecule has 0 aromatic carbocycles. The van der Waals surface area contributed by atoms with Crippen LogP contribution in [-0.2, 0) is 19.6 Å². The molecular weight excluding hydrogens is 232 g/mol. The quantitative estimate of drug-likeness (QED) is 0.396. The molecule has 94 valence electrons. The zero-order valence-electron chi connectivity index (χ0n) is 9.44. The summed E-state index contributed by atoms with van der Waals surface area (Å²) in [6, 6.07) is 0. The van der Waals surface area contributed by atoms with Gasteiger partial charge < -0.3 is 9.47 Å². The van der Waals surface area contributed by atoms with Crippen molar-refractivity contribution in [2.24, 2.45) is 0 Å². The summed E-state index contributed by atoms with van der Waals surface area (Å²) in [4.78, 5) is 0. The molecule has 0 radical (unpaired) electrons. The average molecular weight is 250 g/mol. The highest BCUT2D eigenvalue weighted by Gasteiger charge is 2.02. The molecule has 0 aliphatic carbocycles. The van der Waals surface area contributed by atoms with Crippen LogP contribution in [0, 0.1) is 12.0 Å². The lowest BCUT2D eigenvalue weighted by molar-refractivity contribution is 0.100. The van der Waals surface area contributed by atoms with Crippen molar-refractivity contribution in [3.8, 4) is 12.0 Å². The Labute approximate surface area is 96.9 Å². The summed E-state index contributed by atoms with van der Waals surface area (Å²) < 4.78 is 38.8. The number of unbranched alkanes of at least 4 members (excludes halogenated alkanes) is 2. The highest BCUT2D eigenvalue weighted by atomic mass is 32.2. The maximum absolute atomic E-state index is 10.3. The minimum atomic E-state index is -3.93. The molecule has 6 heteroatoms. The minimum Gasteiger partial charge on any atom is -0.444 e. The van der Waals surface area contributed by atoms with E-state index < -0.39 is 15.9 Å². The van der Waals surface area contributed by atoms with Crippen molar-refractivity contribution in [2.75, 3.05) is 25.6 Å². The van der Waals surface area contributed by atoms with Crippen LogP contribution in [0.2, 0.25) is 0 Å². The molecule has 0 aromatic rings. The van der Waals surface area contributed by atoms with Gasteiger partial charge in [0.05, 0.1) is 19.0 Å². The van der Waals surface area contributed by atoms with E-state index in [0.29, 0.717) is 6.61 Å². The fraction of sp³-hybridized carbons (Fsp3) is 0.800. The fourth-order valence-electron chi connectivity index (χ4n) is 0.785. The van der Waals surface area contributed by atoms with Crippen LogP contribution >= 0.6 is 0 Å². The Morgan fingerprint density at radius 2 is 2.00 bits per heavy atom. The summed E-state index contributed by atoms with van der Waals surface area (Å²) in [5.74, 6) is 2.44. The van der Waals surface area contributed by atoms with Crippen LogP contribution in [0.15, 0.2) is 0 Å². The van der Waals surface area contributed by atoms with Gasteiger partial charge in [-0.2, -0.15) is 8.42 Å². The monoisotopic (exact) mass is 250 g/mol. The summed E-state index contributed by atoms with van der Waals surface area (Å²) in [6.45, 7) is 2.61. The average Bonchev–Trinajstić information content (AvgIpc) is 2.19. The molecule has 0 saturated carbocycles. The molecule has 0 bridgehead atoms. The third-order valence-corrected chi connectivity index (χ3v) is 2.30. The Balaban J connectivity index is 3.24. The van der Waals surface area contributed by atoms with Gasteiger partial charge in [0.2, 0.25) is 0 Å². The van der Waals surface area contributed by atoms with Gasteiger partial charge in [0, 0.05) is 6.42 Å². The van der Waals surface area contributed by atoms with Crippen LogP contribution in [0.3, 0.4) is 0 Å². The Kier molecular flexibility index (Phi) is 9.00. The molecule has 1 N–H and O–H groups in total. The molecule has 0 heterocycles. The molecule has 0 saturated heterocycles. The number of hydrogen-bond acceptors (Lipinski definition) is 4. The summed E-state index contributed by atoms with van der Waals surface area (Å²) in [5, 5.41) is 0. The van der Waals surface area contributed by atoms with E-state index in [1.54, 1.807) is 0 Å². The molecule has 0 aromatic heterocycles. The third-order valence-electron chi connectivity index (χ3n) is 1.62. The maximum Gasteiger partial charge on any atom is 0.267 e. The van der Waals surface area contributed by atoms with Crippen LogP contribution in [0.25, 0.3) is 0 Å². The standard InChI is InChI=1S/C10H18O5S/c1-2-3-4-5-6-14-7-8-15-9-10-16(11,12)13/h2-4,7-10H2,1H3,(H,11,12,13). The van der Waals surface area contributed by atoms with E-state index >= 15 is 0 Å². The zero-order chi connectivity index (χ0) is 12.3. The summed E-state index contributed by atoms with van der Waals surface area (Å²) in [7, 11) is -3.93. The van der Waals surface area contributed by atoms with E-state index in [1.807, 2.05) is 0 Å². The van der Waals surface area contributed by atoms with Gasteiger partial charge in [0.25, 0.3) is 10.1 Å². The predicted molar refractivity (Wildman–Crippen MR) is 60.5 cm³/mol. The van der Waals surface area contributed by atoms with Gasteiger partial charge in [0.1, 0.15) is 12.7 Å². The van der Waals surface area contributed by atoms with Crippen LogP contribution < -0.4 is 0 Å². The second-order valence-corrected chi connectivity index (χ2v) is 4.70. The van der Waals surface area contributed by atoms with Crippen LogP contribution in [0.4, 0.5) is 0 Å². The first kappa shape index (κ1) is 15.2. The minimum absolute atomic E-state index is 0.0363. The van der Waals surface area contributed by atoms with E-state index in [9.17, 15) is 8.42 Å². The normalized spacial score (nSPS) is 10.6. The Morgan fingerprint density at radius 3 is 2.62 bits per heavy atom. The molecule has 0 unspecified atom stereocenters. The van der Waals surface area contributed by atoms with E-state index in [2.05, 4.69) is 19.0 Å². The molecule has 5 nitrogen and oxygen atoms in total. The highest BCUT2D eigenvalue weighted by Crippen LogP contribution is 1.90. The number of rotatable bonds is 8. The number of hydrogen-bond donors (Lipinski definition) is 1. The molecule has 0 rings (SSSR count). The lowest BCUT2D eigenvalue weighted by Gasteiger charge is -2.00. The van der Waals surface area contributed by atoms with E-state index in [1.165, 1.54) is 0 Å². The van der Waals surface area contributed by atoms with Gasteiger partial charge in [-0.1, -0.05) is 19.3 Å². The van der Waals surface area contributed by atoms with Crippen molar-refractivity contribution in [1.82, 2.24) is 0 Å². The lowest BCUT2D eigenvalue weighted by atomic mass is 10.3. The second-order valence-electron chi connectivity index (χ2n) is 3.13. The predicted octanol–water partition coefficient (Wildman–Crippen LogP) is 1.06. The first-order valence-corrected chi connectivity index (χ1v) is 6.79. The first-order chi connectivity index (χ1) is 7.56. The molecular formula is C10H18O5S. The zero-order valence-corrected chi connectivity index (χ0v) is 10.3.